The maximum absolute atomic E-state index is 10.5. The Kier molecular flexibility index (Phi) is 30.0. The Morgan fingerprint density at radius 2 is 0.448 bits per heavy atom. The van der Waals surface area contributed by atoms with Crippen LogP contribution in [0.4, 0.5) is 0 Å². The van der Waals surface area contributed by atoms with Crippen LogP contribution in [0.3, 0.4) is 0 Å². The van der Waals surface area contributed by atoms with Crippen LogP contribution >= 0.6 is 29.5 Å². The fraction of sp³-hybridized carbons (Fsp3) is 1.00. The molecular weight excluding hydrogens is 492 g/mol. The van der Waals surface area contributed by atoms with Gasteiger partial charge in [0.25, 0.3) is 0 Å². The molecule has 0 radical (unpaired) electrons. The number of rotatable bonds is 8. The Labute approximate surface area is 193 Å². The quantitative estimate of drug-likeness (QED) is 0.245. The summed E-state index contributed by atoms with van der Waals surface area (Å²) < 4.78 is 42.0. The van der Waals surface area contributed by atoms with Crippen molar-refractivity contribution in [2.45, 2.75) is 55.4 Å². The maximum atomic E-state index is 10.5. The van der Waals surface area contributed by atoms with E-state index in [1.807, 2.05) is 0 Å². The normalized spacial score (nSPS) is 11.4. The SMILES string of the molecule is CCP(=O)(O)CC.CCP(=O)(O)CC.CCP(=O)(O)CC.CCP(=O)(O)CC.[Ti]. The monoisotopic (exact) mass is 536 g/mol. The number of hydrogen-bond donors (Lipinski definition) is 4. The molecule has 0 aromatic heterocycles. The van der Waals surface area contributed by atoms with Crippen LogP contribution in [0.5, 0.6) is 0 Å². The summed E-state index contributed by atoms with van der Waals surface area (Å²) in [5.41, 5.74) is 0. The van der Waals surface area contributed by atoms with Gasteiger partial charge < -0.3 is 19.6 Å². The van der Waals surface area contributed by atoms with E-state index in [9.17, 15) is 18.3 Å². The van der Waals surface area contributed by atoms with Crippen LogP contribution in [0, 0.1) is 0 Å². The molecule has 29 heavy (non-hydrogen) atoms. The second-order valence-corrected chi connectivity index (χ2v) is 17.7. The molecule has 0 aliphatic carbocycles. The number of hydrogen-bond acceptors (Lipinski definition) is 4. The summed E-state index contributed by atoms with van der Waals surface area (Å²) in [5, 5.41) is 0. The van der Waals surface area contributed by atoms with Gasteiger partial charge in [0.05, 0.1) is 0 Å². The van der Waals surface area contributed by atoms with Gasteiger partial charge in [0.2, 0.25) is 0 Å². The van der Waals surface area contributed by atoms with Gasteiger partial charge in [0.1, 0.15) is 0 Å². The van der Waals surface area contributed by atoms with E-state index in [4.69, 9.17) is 19.6 Å². The van der Waals surface area contributed by atoms with Crippen LogP contribution in [0.1, 0.15) is 55.4 Å². The summed E-state index contributed by atoms with van der Waals surface area (Å²) in [6.45, 7) is 13.8. The first kappa shape index (κ1) is 40.8. The molecule has 0 aliphatic heterocycles. The average molecular weight is 536 g/mol. The molecule has 0 aliphatic rings. The van der Waals surface area contributed by atoms with Gasteiger partial charge in [-0.25, -0.2) is 0 Å². The molecule has 0 saturated carbocycles. The third-order valence-corrected chi connectivity index (χ3v) is 11.9. The summed E-state index contributed by atoms with van der Waals surface area (Å²) in [6.07, 6.45) is 3.25. The van der Waals surface area contributed by atoms with E-state index in [0.717, 1.165) is 0 Å². The van der Waals surface area contributed by atoms with Crippen molar-refractivity contribution in [3.8, 4) is 0 Å². The van der Waals surface area contributed by atoms with Crippen molar-refractivity contribution in [1.29, 1.82) is 0 Å². The molecule has 0 spiro atoms. The topological polar surface area (TPSA) is 149 Å². The largest absolute Gasteiger partial charge is 0.344 e. The van der Waals surface area contributed by atoms with E-state index in [1.54, 1.807) is 55.4 Å². The molecular formula is C16H44O8P4Ti. The molecule has 0 aromatic rings. The fourth-order valence-electron chi connectivity index (χ4n) is 0.894. The van der Waals surface area contributed by atoms with E-state index >= 15 is 0 Å². The van der Waals surface area contributed by atoms with E-state index in [2.05, 4.69) is 0 Å². The summed E-state index contributed by atoms with van der Waals surface area (Å²) >= 11 is 0. The van der Waals surface area contributed by atoms with Crippen molar-refractivity contribution >= 4 is 29.5 Å². The second-order valence-electron chi connectivity index (χ2n) is 5.92. The Balaban J connectivity index is -0.0000000873. The Morgan fingerprint density at radius 3 is 0.448 bits per heavy atom. The fourth-order valence-corrected chi connectivity index (χ4v) is 2.68. The summed E-state index contributed by atoms with van der Waals surface area (Å²) in [5.74, 6) is 0. The van der Waals surface area contributed by atoms with Crippen molar-refractivity contribution in [3.63, 3.8) is 0 Å². The molecule has 8 nitrogen and oxygen atoms in total. The minimum Gasteiger partial charge on any atom is -0.344 e. The summed E-state index contributed by atoms with van der Waals surface area (Å²) in [7, 11) is -10.6. The first-order chi connectivity index (χ1) is 12.5. The van der Waals surface area contributed by atoms with Crippen LogP contribution < -0.4 is 0 Å². The van der Waals surface area contributed by atoms with Gasteiger partial charge in [-0.2, -0.15) is 0 Å². The molecule has 0 fully saturated rings. The molecule has 0 aromatic carbocycles. The molecule has 180 valence electrons. The third-order valence-electron chi connectivity index (χ3n) is 3.95. The Bertz CT molecular complexity index is 429. The van der Waals surface area contributed by atoms with Crippen molar-refractivity contribution in [3.05, 3.63) is 0 Å². The van der Waals surface area contributed by atoms with Crippen molar-refractivity contribution in [1.82, 2.24) is 0 Å². The molecule has 0 atom stereocenters. The van der Waals surface area contributed by atoms with Gasteiger partial charge in [0, 0.05) is 71.0 Å². The molecule has 0 rings (SSSR count). The van der Waals surface area contributed by atoms with E-state index < -0.39 is 29.5 Å². The molecule has 4 N–H and O–H groups in total. The van der Waals surface area contributed by atoms with E-state index in [0.29, 0.717) is 49.3 Å². The Hall–Kier alpha value is 1.47. The zero-order valence-corrected chi connectivity index (χ0v) is 24.5. The van der Waals surface area contributed by atoms with E-state index in [-0.39, 0.29) is 21.7 Å². The van der Waals surface area contributed by atoms with Gasteiger partial charge >= 0.3 is 0 Å². The van der Waals surface area contributed by atoms with E-state index in [1.165, 1.54) is 0 Å². The predicted octanol–water partition coefficient (Wildman–Crippen LogP) is 5.18. The van der Waals surface area contributed by atoms with Gasteiger partial charge in [-0.1, -0.05) is 55.4 Å². The van der Waals surface area contributed by atoms with Crippen molar-refractivity contribution in [2.75, 3.05) is 49.3 Å². The van der Waals surface area contributed by atoms with Gasteiger partial charge in [0.15, 0.2) is 29.5 Å². The molecule has 0 amide bonds. The third kappa shape index (κ3) is 34.3. The summed E-state index contributed by atoms with van der Waals surface area (Å²) in [6, 6.07) is 0. The van der Waals surface area contributed by atoms with Crippen LogP contribution in [0.2, 0.25) is 0 Å². The molecule has 0 heterocycles. The average Bonchev–Trinajstić information content (AvgIpc) is 2.69. The van der Waals surface area contributed by atoms with Crippen LogP contribution in [-0.2, 0) is 40.0 Å². The van der Waals surface area contributed by atoms with Crippen LogP contribution in [-0.4, -0.2) is 68.9 Å². The van der Waals surface area contributed by atoms with Gasteiger partial charge in [-0.3, -0.25) is 18.3 Å². The van der Waals surface area contributed by atoms with Crippen molar-refractivity contribution < 1.29 is 59.6 Å². The predicted molar refractivity (Wildman–Crippen MR) is 124 cm³/mol. The molecule has 0 bridgehead atoms. The zero-order valence-electron chi connectivity index (χ0n) is 19.4. The molecule has 0 unspecified atom stereocenters. The standard InChI is InChI=1S/4C4H11O2P.Ti/c4*1-3-7(5,6)4-2;/h4*3-4H2,1-2H3,(H,5,6);. The van der Waals surface area contributed by atoms with Crippen molar-refractivity contribution in [2.24, 2.45) is 0 Å². The zero-order chi connectivity index (χ0) is 23.7. The molecule has 0 saturated heterocycles. The minimum atomic E-state index is -2.65. The maximum Gasteiger partial charge on any atom is 0.200 e. The first-order valence-electron chi connectivity index (χ1n) is 9.72. The molecule has 13 heteroatoms. The smallest absolute Gasteiger partial charge is 0.200 e. The van der Waals surface area contributed by atoms with Gasteiger partial charge in [-0.15, -0.1) is 0 Å². The second kappa shape index (κ2) is 21.3. The summed E-state index contributed by atoms with van der Waals surface area (Å²) in [4.78, 5) is 34.8. The van der Waals surface area contributed by atoms with Crippen LogP contribution in [0.25, 0.3) is 0 Å². The van der Waals surface area contributed by atoms with Gasteiger partial charge in [-0.05, 0) is 0 Å². The Morgan fingerprint density at radius 1 is 0.379 bits per heavy atom. The first-order valence-corrected chi connectivity index (χ1v) is 17.8. The van der Waals surface area contributed by atoms with Crippen LogP contribution in [0.15, 0.2) is 0 Å². The minimum absolute atomic E-state index is 0.